The molecule has 31 heavy (non-hydrogen) atoms. The molecule has 160 valence electrons. The Morgan fingerprint density at radius 3 is 2.32 bits per heavy atom. The average molecular weight is 466 g/mol. The Morgan fingerprint density at radius 1 is 1.00 bits per heavy atom. The second-order valence-corrected chi connectivity index (χ2v) is 7.94. The Bertz CT molecular complexity index is 1270. The lowest BCUT2D eigenvalue weighted by Crippen LogP contribution is -2.15. The molecule has 14 heteroatoms. The van der Waals surface area contributed by atoms with Gasteiger partial charge in [0.05, 0.1) is 22.9 Å². The number of halogens is 1. The topological polar surface area (TPSA) is 170 Å². The lowest BCUT2D eigenvalue weighted by molar-refractivity contribution is -0.402. The van der Waals surface area contributed by atoms with E-state index in [1.165, 1.54) is 30.3 Å². The molecule has 0 aliphatic carbocycles. The molecular formula is C17H12ClN5O7S. The number of non-ortho nitro benzene ring substituents is 1. The van der Waals surface area contributed by atoms with Gasteiger partial charge in [-0.15, -0.1) is 0 Å². The fourth-order valence-electron chi connectivity index (χ4n) is 2.34. The number of hydrazone groups is 1. The lowest BCUT2D eigenvalue weighted by atomic mass is 10.3. The van der Waals surface area contributed by atoms with Gasteiger partial charge >= 0.3 is 5.88 Å². The first-order valence-corrected chi connectivity index (χ1v) is 10.1. The zero-order valence-corrected chi connectivity index (χ0v) is 16.8. The first kappa shape index (κ1) is 21.7. The zero-order valence-electron chi connectivity index (χ0n) is 15.3. The van der Waals surface area contributed by atoms with E-state index in [9.17, 15) is 28.6 Å². The van der Waals surface area contributed by atoms with E-state index in [4.69, 9.17) is 16.0 Å². The minimum Gasteiger partial charge on any atom is -0.400 e. The van der Waals surface area contributed by atoms with Crippen LogP contribution in [0.3, 0.4) is 0 Å². The molecule has 0 radical (unpaired) electrons. The summed E-state index contributed by atoms with van der Waals surface area (Å²) in [4.78, 5) is 19.8. The second kappa shape index (κ2) is 8.81. The minimum absolute atomic E-state index is 0.0322. The summed E-state index contributed by atoms with van der Waals surface area (Å²) in [5.74, 6) is -0.461. The molecule has 0 unspecified atom stereocenters. The van der Waals surface area contributed by atoms with Crippen LogP contribution >= 0.6 is 11.6 Å². The van der Waals surface area contributed by atoms with Crippen molar-refractivity contribution in [2.75, 3.05) is 10.1 Å². The lowest BCUT2D eigenvalue weighted by Gasteiger charge is -2.12. The highest BCUT2D eigenvalue weighted by atomic mass is 35.5. The van der Waals surface area contributed by atoms with Crippen molar-refractivity contribution >= 4 is 50.8 Å². The number of sulfonamides is 1. The number of nitro benzene ring substituents is 1. The van der Waals surface area contributed by atoms with Gasteiger partial charge in [-0.3, -0.25) is 30.4 Å². The monoisotopic (exact) mass is 465 g/mol. The van der Waals surface area contributed by atoms with Crippen LogP contribution in [-0.2, 0) is 10.0 Å². The molecule has 0 bridgehead atoms. The Kier molecular flexibility index (Phi) is 6.17. The second-order valence-electron chi connectivity index (χ2n) is 5.85. The van der Waals surface area contributed by atoms with Gasteiger partial charge in [0.1, 0.15) is 9.82 Å². The van der Waals surface area contributed by atoms with Gasteiger partial charge in [0, 0.05) is 22.8 Å². The molecule has 3 aromatic rings. The van der Waals surface area contributed by atoms with Crippen molar-refractivity contribution in [2.24, 2.45) is 5.10 Å². The molecule has 0 saturated heterocycles. The van der Waals surface area contributed by atoms with Crippen LogP contribution < -0.4 is 10.1 Å². The van der Waals surface area contributed by atoms with Crippen LogP contribution in [0, 0.1) is 20.2 Å². The summed E-state index contributed by atoms with van der Waals surface area (Å²) in [7, 11) is -4.26. The molecule has 12 nitrogen and oxygen atoms in total. The molecule has 3 rings (SSSR count). The van der Waals surface area contributed by atoms with Crippen molar-refractivity contribution in [3.8, 4) is 0 Å². The third-order valence-corrected chi connectivity index (χ3v) is 5.40. The van der Waals surface area contributed by atoms with E-state index in [-0.39, 0.29) is 17.1 Å². The summed E-state index contributed by atoms with van der Waals surface area (Å²) < 4.78 is 32.9. The van der Waals surface area contributed by atoms with Gasteiger partial charge in [-0.05, 0) is 36.4 Å². The summed E-state index contributed by atoms with van der Waals surface area (Å²) in [6.07, 6.45) is 1.08. The Hall–Kier alpha value is -3.97. The number of rotatable bonds is 8. The third kappa shape index (κ3) is 5.34. The standard InChI is InChI=1S/C17H12ClN5O7S/c18-11-1-3-12(4-2-11)21-31(28,29)16-9-13(22(24)25)5-7-15(16)20-19-10-14-6-8-17(30-14)23(26)27/h1-10,20-21H. The maximum atomic E-state index is 12.8. The number of benzene rings is 2. The van der Waals surface area contributed by atoms with E-state index in [1.54, 1.807) is 0 Å². The maximum Gasteiger partial charge on any atom is 0.433 e. The van der Waals surface area contributed by atoms with E-state index >= 15 is 0 Å². The van der Waals surface area contributed by atoms with Crippen molar-refractivity contribution in [1.29, 1.82) is 0 Å². The maximum absolute atomic E-state index is 12.8. The van der Waals surface area contributed by atoms with Gasteiger partial charge < -0.3 is 4.42 Å². The number of nitrogens with one attached hydrogen (secondary N) is 2. The molecule has 2 N–H and O–H groups in total. The molecule has 0 amide bonds. The molecule has 1 aromatic heterocycles. The van der Waals surface area contributed by atoms with Crippen molar-refractivity contribution in [1.82, 2.24) is 0 Å². The van der Waals surface area contributed by atoms with Crippen molar-refractivity contribution < 1.29 is 22.7 Å². The molecule has 1 heterocycles. The van der Waals surface area contributed by atoms with Crippen LogP contribution in [0.1, 0.15) is 5.76 Å². The highest BCUT2D eigenvalue weighted by molar-refractivity contribution is 7.92. The van der Waals surface area contributed by atoms with E-state index in [0.29, 0.717) is 5.02 Å². The number of hydrogen-bond donors (Lipinski definition) is 2. The molecule has 0 aliphatic heterocycles. The normalized spacial score (nSPS) is 11.4. The Balaban J connectivity index is 1.91. The van der Waals surface area contributed by atoms with Crippen LogP contribution in [0.15, 0.2) is 69.0 Å². The largest absolute Gasteiger partial charge is 0.433 e. The van der Waals surface area contributed by atoms with Crippen LogP contribution in [0.25, 0.3) is 0 Å². The fraction of sp³-hybridized carbons (Fsp3) is 0. The predicted molar refractivity (Wildman–Crippen MR) is 112 cm³/mol. The molecule has 2 aromatic carbocycles. The molecule has 0 aliphatic rings. The van der Waals surface area contributed by atoms with E-state index < -0.39 is 36.3 Å². The zero-order chi connectivity index (χ0) is 22.6. The summed E-state index contributed by atoms with van der Waals surface area (Å²) in [6, 6.07) is 11.3. The number of hydrogen-bond acceptors (Lipinski definition) is 9. The number of anilines is 2. The molecule has 0 atom stereocenters. The molecule has 0 fully saturated rings. The number of nitrogens with zero attached hydrogens (tertiary/aromatic N) is 3. The van der Waals surface area contributed by atoms with Crippen molar-refractivity contribution in [2.45, 2.75) is 4.90 Å². The number of nitro groups is 2. The van der Waals surface area contributed by atoms with Crippen molar-refractivity contribution in [3.63, 3.8) is 0 Å². The summed E-state index contributed by atoms with van der Waals surface area (Å²) >= 11 is 5.78. The first-order valence-electron chi connectivity index (χ1n) is 8.26. The Morgan fingerprint density at radius 2 is 1.71 bits per heavy atom. The van der Waals surface area contributed by atoms with Crippen LogP contribution in [0.4, 0.5) is 22.9 Å². The highest BCUT2D eigenvalue weighted by Gasteiger charge is 2.23. The Labute approximate surface area is 179 Å². The van der Waals surface area contributed by atoms with E-state index in [2.05, 4.69) is 15.2 Å². The molecular weight excluding hydrogens is 454 g/mol. The summed E-state index contributed by atoms with van der Waals surface area (Å²) in [5.41, 5.74) is 2.10. The van der Waals surface area contributed by atoms with Gasteiger partial charge in [0.2, 0.25) is 0 Å². The van der Waals surface area contributed by atoms with Crippen LogP contribution in [0.2, 0.25) is 5.02 Å². The third-order valence-electron chi connectivity index (χ3n) is 3.73. The van der Waals surface area contributed by atoms with E-state index in [0.717, 1.165) is 30.5 Å². The van der Waals surface area contributed by atoms with Crippen LogP contribution in [-0.4, -0.2) is 24.5 Å². The summed E-state index contributed by atoms with van der Waals surface area (Å²) in [5, 5.41) is 25.9. The summed E-state index contributed by atoms with van der Waals surface area (Å²) in [6.45, 7) is 0. The van der Waals surface area contributed by atoms with Gasteiger partial charge in [-0.1, -0.05) is 11.6 Å². The molecule has 0 saturated carbocycles. The molecule has 0 spiro atoms. The SMILES string of the molecule is O=[N+]([O-])c1ccc(NN=Cc2ccc([N+](=O)[O-])o2)c(S(=O)(=O)Nc2ccc(Cl)cc2)c1. The smallest absolute Gasteiger partial charge is 0.400 e. The van der Waals surface area contributed by atoms with Gasteiger partial charge in [-0.25, -0.2) is 8.42 Å². The highest BCUT2D eigenvalue weighted by Crippen LogP contribution is 2.28. The minimum atomic E-state index is -4.26. The predicted octanol–water partition coefficient (Wildman–Crippen LogP) is 4.00. The van der Waals surface area contributed by atoms with Gasteiger partial charge in [-0.2, -0.15) is 5.10 Å². The number of furan rings is 1. The van der Waals surface area contributed by atoms with Crippen LogP contribution in [0.5, 0.6) is 0 Å². The van der Waals surface area contributed by atoms with Crippen molar-refractivity contribution in [3.05, 3.63) is 85.6 Å². The van der Waals surface area contributed by atoms with Gasteiger partial charge in [0.25, 0.3) is 15.7 Å². The quantitative estimate of drug-likeness (QED) is 0.285. The van der Waals surface area contributed by atoms with E-state index in [1.807, 2.05) is 0 Å². The van der Waals surface area contributed by atoms with Gasteiger partial charge in [0.15, 0.2) is 5.76 Å². The average Bonchev–Trinajstić information content (AvgIpc) is 3.19. The first-order chi connectivity index (χ1) is 14.7. The fourth-order valence-corrected chi connectivity index (χ4v) is 3.70.